The van der Waals surface area contributed by atoms with Gasteiger partial charge in [-0.05, 0) is 48.2 Å². The summed E-state index contributed by atoms with van der Waals surface area (Å²) in [5, 5.41) is 0. The first-order valence-corrected chi connectivity index (χ1v) is 8.19. The van der Waals surface area contributed by atoms with Crippen LogP contribution in [-0.2, 0) is 6.54 Å². The molecule has 0 atom stereocenters. The van der Waals surface area contributed by atoms with Crippen LogP contribution in [0.15, 0.2) is 67.0 Å². The fraction of sp³-hybridized carbons (Fsp3) is 0.143. The fourth-order valence-electron chi connectivity index (χ4n) is 2.96. The van der Waals surface area contributed by atoms with Crippen LogP contribution >= 0.6 is 0 Å². The van der Waals surface area contributed by atoms with Crippen LogP contribution in [0, 0.1) is 13.8 Å². The molecule has 3 nitrogen and oxygen atoms in total. The molecule has 0 radical (unpaired) electrons. The number of benzene rings is 2. The maximum absolute atomic E-state index is 4.71. The second kappa shape index (κ2) is 7.35. The van der Waals surface area contributed by atoms with Gasteiger partial charge in [-0.1, -0.05) is 30.3 Å². The Kier molecular flexibility index (Phi) is 5.18. The Labute approximate surface area is 164 Å². The lowest BCUT2D eigenvalue weighted by Gasteiger charge is -2.00. The Bertz CT molecular complexity index is 950. The molecule has 0 unspecified atom stereocenters. The van der Waals surface area contributed by atoms with E-state index in [9.17, 15) is 0 Å². The first-order valence-electron chi connectivity index (χ1n) is 8.19. The molecule has 0 spiro atoms. The highest BCUT2D eigenvalue weighted by atomic mass is 127. The zero-order valence-corrected chi connectivity index (χ0v) is 16.5. The van der Waals surface area contributed by atoms with E-state index in [0.717, 1.165) is 23.4 Å². The number of fused-ring (bicyclic) bond motifs is 1. The van der Waals surface area contributed by atoms with E-state index >= 15 is 0 Å². The Morgan fingerprint density at radius 3 is 2.24 bits per heavy atom. The molecular formula is C21H20IN3. The molecule has 2 aromatic carbocycles. The Morgan fingerprint density at radius 2 is 1.52 bits per heavy atom. The van der Waals surface area contributed by atoms with Gasteiger partial charge in [0.05, 0.1) is 11.0 Å². The van der Waals surface area contributed by atoms with Crippen molar-refractivity contribution >= 4 is 11.0 Å². The third-order valence-electron chi connectivity index (χ3n) is 4.48. The van der Waals surface area contributed by atoms with E-state index < -0.39 is 0 Å². The number of halogens is 1. The van der Waals surface area contributed by atoms with Crippen molar-refractivity contribution < 1.29 is 28.5 Å². The lowest BCUT2D eigenvalue weighted by Crippen LogP contribution is -3.00. The Morgan fingerprint density at radius 1 is 0.880 bits per heavy atom. The molecule has 4 rings (SSSR count). The minimum Gasteiger partial charge on any atom is -1.00 e. The summed E-state index contributed by atoms with van der Waals surface area (Å²) in [7, 11) is 0. The molecule has 0 fully saturated rings. The Balaban J connectivity index is 0.00000182. The summed E-state index contributed by atoms with van der Waals surface area (Å²) < 4.78 is 2.14. The SMILES string of the molecule is Cc1cc2nc(C[n+]3ccc(-c4ccccc4)cc3)[nH]c2cc1C.[I-]. The average Bonchev–Trinajstić information content (AvgIpc) is 2.98. The predicted octanol–water partition coefficient (Wildman–Crippen LogP) is 1.19. The van der Waals surface area contributed by atoms with E-state index in [2.05, 4.69) is 84.3 Å². The lowest BCUT2D eigenvalue weighted by molar-refractivity contribution is -0.689. The number of nitrogens with zero attached hydrogens (tertiary/aromatic N) is 2. The van der Waals surface area contributed by atoms with Crippen molar-refractivity contribution in [2.75, 3.05) is 0 Å². The number of aromatic nitrogens is 3. The van der Waals surface area contributed by atoms with Crippen LogP contribution in [0.5, 0.6) is 0 Å². The molecule has 0 amide bonds. The molecular weight excluding hydrogens is 421 g/mol. The van der Waals surface area contributed by atoms with Crippen LogP contribution in [0.4, 0.5) is 0 Å². The number of aryl methyl sites for hydroxylation is 2. The van der Waals surface area contributed by atoms with Crippen LogP contribution in [0.2, 0.25) is 0 Å². The van der Waals surface area contributed by atoms with Gasteiger partial charge in [0.15, 0.2) is 18.2 Å². The summed E-state index contributed by atoms with van der Waals surface area (Å²) in [4.78, 5) is 8.14. The van der Waals surface area contributed by atoms with Crippen LogP contribution in [-0.4, -0.2) is 9.97 Å². The maximum atomic E-state index is 4.71. The fourth-order valence-corrected chi connectivity index (χ4v) is 2.96. The van der Waals surface area contributed by atoms with E-state index in [1.807, 2.05) is 6.07 Å². The molecule has 25 heavy (non-hydrogen) atoms. The largest absolute Gasteiger partial charge is 1.00 e. The molecule has 0 saturated carbocycles. The Hall–Kier alpha value is -2.21. The first kappa shape index (κ1) is 17.6. The quantitative estimate of drug-likeness (QED) is 0.376. The highest BCUT2D eigenvalue weighted by Crippen LogP contribution is 2.18. The monoisotopic (exact) mass is 441 g/mol. The minimum absolute atomic E-state index is 0. The van der Waals surface area contributed by atoms with Crippen molar-refractivity contribution in [1.29, 1.82) is 0 Å². The average molecular weight is 441 g/mol. The van der Waals surface area contributed by atoms with Gasteiger partial charge in [0.25, 0.3) is 0 Å². The van der Waals surface area contributed by atoms with E-state index in [1.165, 1.54) is 22.3 Å². The number of pyridine rings is 1. The maximum Gasteiger partial charge on any atom is 0.205 e. The lowest BCUT2D eigenvalue weighted by atomic mass is 10.1. The number of aromatic amines is 1. The van der Waals surface area contributed by atoms with Crippen molar-refractivity contribution in [3.8, 4) is 11.1 Å². The normalized spacial score (nSPS) is 10.6. The minimum atomic E-state index is 0. The van der Waals surface area contributed by atoms with E-state index in [-0.39, 0.29) is 24.0 Å². The molecule has 2 heterocycles. The third-order valence-corrected chi connectivity index (χ3v) is 4.48. The van der Waals surface area contributed by atoms with Crippen LogP contribution in [0.1, 0.15) is 17.0 Å². The highest BCUT2D eigenvalue weighted by Gasteiger charge is 2.09. The number of imidazole rings is 1. The molecule has 0 aliphatic rings. The van der Waals surface area contributed by atoms with E-state index in [0.29, 0.717) is 0 Å². The molecule has 4 heteroatoms. The van der Waals surface area contributed by atoms with Gasteiger partial charge >= 0.3 is 0 Å². The van der Waals surface area contributed by atoms with Crippen molar-refractivity contribution in [2.24, 2.45) is 0 Å². The number of hydrogen-bond acceptors (Lipinski definition) is 1. The van der Waals surface area contributed by atoms with Crippen LogP contribution in [0.25, 0.3) is 22.2 Å². The van der Waals surface area contributed by atoms with E-state index in [1.54, 1.807) is 0 Å². The smallest absolute Gasteiger partial charge is 0.205 e. The molecule has 1 N–H and O–H groups in total. The second-order valence-corrected chi connectivity index (χ2v) is 6.26. The van der Waals surface area contributed by atoms with Crippen molar-refractivity contribution in [3.05, 3.63) is 83.9 Å². The predicted molar refractivity (Wildman–Crippen MR) is 96.7 cm³/mol. The third kappa shape index (κ3) is 3.74. The molecule has 0 aliphatic carbocycles. The topological polar surface area (TPSA) is 32.6 Å². The van der Waals surface area contributed by atoms with Gasteiger partial charge < -0.3 is 29.0 Å². The van der Waals surface area contributed by atoms with Gasteiger partial charge in [-0.2, -0.15) is 4.57 Å². The van der Waals surface area contributed by atoms with Gasteiger partial charge in [0.1, 0.15) is 0 Å². The van der Waals surface area contributed by atoms with Gasteiger partial charge in [0, 0.05) is 12.1 Å². The van der Waals surface area contributed by atoms with Gasteiger partial charge in [-0.25, -0.2) is 4.98 Å². The van der Waals surface area contributed by atoms with Crippen LogP contribution in [0.3, 0.4) is 0 Å². The van der Waals surface area contributed by atoms with Crippen molar-refractivity contribution in [1.82, 2.24) is 9.97 Å². The summed E-state index contributed by atoms with van der Waals surface area (Å²) in [6, 6.07) is 19.0. The number of nitrogens with one attached hydrogen (secondary N) is 1. The zero-order valence-electron chi connectivity index (χ0n) is 14.3. The van der Waals surface area contributed by atoms with E-state index in [4.69, 9.17) is 4.98 Å². The van der Waals surface area contributed by atoms with Gasteiger partial charge in [-0.3, -0.25) is 0 Å². The van der Waals surface area contributed by atoms with Crippen molar-refractivity contribution in [3.63, 3.8) is 0 Å². The van der Waals surface area contributed by atoms with Gasteiger partial charge in [0.2, 0.25) is 6.54 Å². The van der Waals surface area contributed by atoms with Crippen LogP contribution < -0.4 is 28.5 Å². The standard InChI is InChI=1S/C21H20N3.HI/c1-15-12-19-20(13-16(15)2)23-21(22-19)14-24-10-8-18(9-11-24)17-6-4-3-5-7-17;/h3-13H,14H2,1-2H3,(H,22,23);1H/q+1;/p-1. The molecule has 0 bridgehead atoms. The van der Waals surface area contributed by atoms with Gasteiger partial charge in [-0.15, -0.1) is 0 Å². The molecule has 126 valence electrons. The molecule has 0 aliphatic heterocycles. The number of rotatable bonds is 3. The summed E-state index contributed by atoms with van der Waals surface area (Å²) in [6.07, 6.45) is 4.21. The van der Waals surface area contributed by atoms with Crippen molar-refractivity contribution in [2.45, 2.75) is 20.4 Å². The number of H-pyrrole nitrogens is 1. The highest BCUT2D eigenvalue weighted by molar-refractivity contribution is 5.77. The summed E-state index contributed by atoms with van der Waals surface area (Å²) in [5.41, 5.74) is 7.17. The number of hydrogen-bond donors (Lipinski definition) is 1. The summed E-state index contributed by atoms with van der Waals surface area (Å²) in [6.45, 7) is 4.99. The molecule has 2 aromatic heterocycles. The first-order chi connectivity index (χ1) is 11.7. The molecule has 0 saturated heterocycles. The molecule has 4 aromatic rings. The zero-order chi connectivity index (χ0) is 16.5. The summed E-state index contributed by atoms with van der Waals surface area (Å²) >= 11 is 0. The summed E-state index contributed by atoms with van der Waals surface area (Å²) in [5.74, 6) is 0.979. The second-order valence-electron chi connectivity index (χ2n) is 6.26.